The van der Waals surface area contributed by atoms with Gasteiger partial charge in [0.25, 0.3) is 0 Å². The normalized spacial score (nSPS) is 10.8. The summed E-state index contributed by atoms with van der Waals surface area (Å²) in [6.07, 6.45) is 2.98. The maximum Gasteiger partial charge on any atom is 0.320 e. The summed E-state index contributed by atoms with van der Waals surface area (Å²) in [6.45, 7) is -0.0607. The fourth-order valence-electron chi connectivity index (χ4n) is 3.08. The van der Waals surface area contributed by atoms with Crippen LogP contribution >= 0.6 is 11.6 Å². The van der Waals surface area contributed by atoms with E-state index in [9.17, 15) is 9.59 Å². The molecule has 9 nitrogen and oxygen atoms in total. The standard InChI is InChI=1S/C21H17ClN4O5/c1-29-16-5-3-4-15(18(16)30-2)19-23-17(31-24-19)12-25-10-11-26(21(28)20(25)27)14-8-6-13(22)7-9-14/h3-11H,12H2,1-2H3. The number of halogens is 1. The molecule has 4 aromatic rings. The van der Waals surface area contributed by atoms with E-state index in [1.54, 1.807) is 42.5 Å². The number of methoxy groups -OCH3 is 2. The molecule has 2 aromatic heterocycles. The van der Waals surface area contributed by atoms with E-state index in [0.29, 0.717) is 27.8 Å². The molecular formula is C21H17ClN4O5. The summed E-state index contributed by atoms with van der Waals surface area (Å²) in [6, 6.07) is 11.9. The van der Waals surface area contributed by atoms with Crippen molar-refractivity contribution in [3.8, 4) is 28.6 Å². The molecule has 0 N–H and O–H groups in total. The second-order valence-electron chi connectivity index (χ2n) is 6.44. The zero-order chi connectivity index (χ0) is 22.0. The maximum atomic E-state index is 12.6. The molecule has 158 valence electrons. The van der Waals surface area contributed by atoms with Crippen molar-refractivity contribution in [3.05, 3.63) is 86.5 Å². The van der Waals surface area contributed by atoms with Gasteiger partial charge >= 0.3 is 11.1 Å². The summed E-state index contributed by atoms with van der Waals surface area (Å²) in [4.78, 5) is 29.4. The molecule has 2 aromatic carbocycles. The van der Waals surface area contributed by atoms with E-state index in [0.717, 1.165) is 0 Å². The van der Waals surface area contributed by atoms with Crippen molar-refractivity contribution in [1.82, 2.24) is 19.3 Å². The van der Waals surface area contributed by atoms with E-state index >= 15 is 0 Å². The van der Waals surface area contributed by atoms with Crippen molar-refractivity contribution in [2.75, 3.05) is 14.2 Å². The van der Waals surface area contributed by atoms with Gasteiger partial charge in [0.2, 0.25) is 11.7 Å². The highest BCUT2D eigenvalue weighted by molar-refractivity contribution is 6.30. The van der Waals surface area contributed by atoms with Crippen molar-refractivity contribution in [2.45, 2.75) is 6.54 Å². The second kappa shape index (κ2) is 8.49. The lowest BCUT2D eigenvalue weighted by atomic mass is 10.1. The first kappa shape index (κ1) is 20.4. The molecule has 0 atom stereocenters. The highest BCUT2D eigenvalue weighted by Crippen LogP contribution is 2.36. The Kier molecular flexibility index (Phi) is 5.59. The van der Waals surface area contributed by atoms with Crippen molar-refractivity contribution in [1.29, 1.82) is 0 Å². The molecule has 0 radical (unpaired) electrons. The van der Waals surface area contributed by atoms with Crippen LogP contribution in [0.25, 0.3) is 17.1 Å². The lowest BCUT2D eigenvalue weighted by Gasteiger charge is -2.09. The van der Waals surface area contributed by atoms with Crippen LogP contribution < -0.4 is 20.6 Å². The summed E-state index contributed by atoms with van der Waals surface area (Å²) in [5.74, 6) is 1.41. The molecule has 31 heavy (non-hydrogen) atoms. The number of para-hydroxylation sites is 1. The lowest BCUT2D eigenvalue weighted by molar-refractivity contribution is 0.354. The quantitative estimate of drug-likeness (QED) is 0.425. The summed E-state index contributed by atoms with van der Waals surface area (Å²) in [5.41, 5.74) is -0.332. The van der Waals surface area contributed by atoms with Crippen molar-refractivity contribution in [2.24, 2.45) is 0 Å². The van der Waals surface area contributed by atoms with Crippen molar-refractivity contribution in [3.63, 3.8) is 0 Å². The Balaban J connectivity index is 1.64. The molecule has 0 unspecified atom stereocenters. The smallest absolute Gasteiger partial charge is 0.320 e. The number of hydrogen-bond donors (Lipinski definition) is 0. The predicted molar refractivity (Wildman–Crippen MR) is 113 cm³/mol. The number of aromatic nitrogens is 4. The Hall–Kier alpha value is -3.85. The maximum absolute atomic E-state index is 12.6. The summed E-state index contributed by atoms with van der Waals surface area (Å²) >= 11 is 5.88. The lowest BCUT2D eigenvalue weighted by Crippen LogP contribution is -2.40. The monoisotopic (exact) mass is 440 g/mol. The first-order valence-electron chi connectivity index (χ1n) is 9.14. The highest BCUT2D eigenvalue weighted by atomic mass is 35.5. The molecule has 0 fully saturated rings. The minimum Gasteiger partial charge on any atom is -0.493 e. The molecule has 10 heteroatoms. The Bertz CT molecular complexity index is 1340. The van der Waals surface area contributed by atoms with Crippen molar-refractivity contribution < 1.29 is 14.0 Å². The van der Waals surface area contributed by atoms with Gasteiger partial charge in [0.05, 0.1) is 19.8 Å². The second-order valence-corrected chi connectivity index (χ2v) is 6.87. The third kappa shape index (κ3) is 3.95. The van der Waals surface area contributed by atoms with Crippen LogP contribution in [-0.4, -0.2) is 33.5 Å². The number of hydrogen-bond acceptors (Lipinski definition) is 7. The first-order valence-corrected chi connectivity index (χ1v) is 9.51. The minimum atomic E-state index is -0.726. The van der Waals surface area contributed by atoms with Gasteiger partial charge in [0.15, 0.2) is 11.5 Å². The van der Waals surface area contributed by atoms with Crippen LogP contribution in [0.3, 0.4) is 0 Å². The molecule has 0 bridgehead atoms. The Morgan fingerprint density at radius 3 is 2.48 bits per heavy atom. The summed E-state index contributed by atoms with van der Waals surface area (Å²) in [5, 5.41) is 4.49. The Morgan fingerprint density at radius 1 is 1.00 bits per heavy atom. The Morgan fingerprint density at radius 2 is 1.77 bits per heavy atom. The zero-order valence-corrected chi connectivity index (χ0v) is 17.4. The van der Waals surface area contributed by atoms with E-state index < -0.39 is 11.1 Å². The van der Waals surface area contributed by atoms with Crippen LogP contribution in [0.2, 0.25) is 5.02 Å². The molecule has 0 spiro atoms. The number of rotatable bonds is 6. The molecule has 0 saturated heterocycles. The van der Waals surface area contributed by atoms with Gasteiger partial charge in [-0.2, -0.15) is 4.98 Å². The molecule has 2 heterocycles. The first-order chi connectivity index (χ1) is 15.0. The van der Waals surface area contributed by atoms with E-state index in [4.69, 9.17) is 25.6 Å². The fraction of sp³-hybridized carbons (Fsp3) is 0.143. The van der Waals surface area contributed by atoms with Gasteiger partial charge in [-0.3, -0.25) is 18.7 Å². The van der Waals surface area contributed by atoms with E-state index in [-0.39, 0.29) is 18.3 Å². The van der Waals surface area contributed by atoms with Crippen LogP contribution in [-0.2, 0) is 6.54 Å². The molecule has 0 aliphatic rings. The average molecular weight is 441 g/mol. The highest BCUT2D eigenvalue weighted by Gasteiger charge is 2.17. The van der Waals surface area contributed by atoms with Gasteiger partial charge in [0, 0.05) is 23.1 Å². The fourth-order valence-corrected chi connectivity index (χ4v) is 3.20. The topological polar surface area (TPSA) is 101 Å². The third-order valence-corrected chi connectivity index (χ3v) is 4.83. The van der Waals surface area contributed by atoms with Crippen LogP contribution in [0.5, 0.6) is 11.5 Å². The van der Waals surface area contributed by atoms with E-state index in [1.165, 1.54) is 35.7 Å². The van der Waals surface area contributed by atoms with Gasteiger partial charge in [0.1, 0.15) is 6.54 Å². The molecule has 0 aliphatic heterocycles. The van der Waals surface area contributed by atoms with E-state index in [2.05, 4.69) is 10.1 Å². The average Bonchev–Trinajstić information content (AvgIpc) is 3.25. The summed E-state index contributed by atoms with van der Waals surface area (Å²) < 4.78 is 18.4. The Labute approximate surface area is 181 Å². The van der Waals surface area contributed by atoms with Gasteiger partial charge in [-0.15, -0.1) is 0 Å². The van der Waals surface area contributed by atoms with Gasteiger partial charge in [-0.25, -0.2) is 0 Å². The number of ether oxygens (including phenoxy) is 2. The van der Waals surface area contributed by atoms with Gasteiger partial charge < -0.3 is 14.0 Å². The minimum absolute atomic E-state index is 0.0607. The largest absolute Gasteiger partial charge is 0.493 e. The van der Waals surface area contributed by atoms with Crippen LogP contribution in [0.1, 0.15) is 5.89 Å². The van der Waals surface area contributed by atoms with Crippen LogP contribution in [0.4, 0.5) is 0 Å². The third-order valence-electron chi connectivity index (χ3n) is 4.58. The van der Waals surface area contributed by atoms with Crippen LogP contribution in [0, 0.1) is 0 Å². The van der Waals surface area contributed by atoms with Crippen LogP contribution in [0.15, 0.2) is 69.0 Å². The van der Waals surface area contributed by atoms with Gasteiger partial charge in [-0.1, -0.05) is 22.8 Å². The summed E-state index contributed by atoms with van der Waals surface area (Å²) in [7, 11) is 3.04. The van der Waals surface area contributed by atoms with Crippen molar-refractivity contribution >= 4 is 11.6 Å². The molecule has 0 amide bonds. The zero-order valence-electron chi connectivity index (χ0n) is 16.6. The number of benzene rings is 2. The molecule has 0 aliphatic carbocycles. The predicted octanol–water partition coefficient (Wildman–Crippen LogP) is 2.77. The van der Waals surface area contributed by atoms with E-state index in [1.807, 2.05) is 0 Å². The van der Waals surface area contributed by atoms with Gasteiger partial charge in [-0.05, 0) is 36.4 Å². The molecule has 0 saturated carbocycles. The number of nitrogens with zero attached hydrogens (tertiary/aromatic N) is 4. The molecular weight excluding hydrogens is 424 g/mol. The molecule has 4 rings (SSSR count). The SMILES string of the molecule is COc1cccc(-c2noc(Cn3ccn(-c4ccc(Cl)cc4)c(=O)c3=O)n2)c1OC.